The topological polar surface area (TPSA) is 95.6 Å². The van der Waals surface area contributed by atoms with Crippen LogP contribution in [-0.4, -0.2) is 60.3 Å². The molecule has 35 heavy (non-hydrogen) atoms. The van der Waals surface area contributed by atoms with Crippen LogP contribution in [0, 0.1) is 17.8 Å². The quantitative estimate of drug-likeness (QED) is 0.558. The lowest BCUT2D eigenvalue weighted by Gasteiger charge is -2.31. The minimum Gasteiger partial charge on any atom is -0.356 e. The molecule has 0 bridgehead atoms. The van der Waals surface area contributed by atoms with Crippen molar-refractivity contribution in [3.63, 3.8) is 0 Å². The van der Waals surface area contributed by atoms with E-state index in [0.717, 1.165) is 23.5 Å². The number of carbonyl (C=O) groups is 4. The van der Waals surface area contributed by atoms with Crippen molar-refractivity contribution in [2.24, 2.45) is 17.8 Å². The number of alkyl halides is 3. The number of hydrogen-bond acceptors (Lipinski definition) is 4. The lowest BCUT2D eigenvalue weighted by atomic mass is 9.92. The van der Waals surface area contributed by atoms with Crippen molar-refractivity contribution >= 4 is 35.1 Å². The van der Waals surface area contributed by atoms with E-state index in [1.807, 2.05) is 0 Å². The van der Waals surface area contributed by atoms with E-state index in [2.05, 4.69) is 10.6 Å². The molecule has 0 radical (unpaired) electrons. The van der Waals surface area contributed by atoms with Gasteiger partial charge in [0.05, 0.1) is 6.04 Å². The molecule has 3 amide bonds. The second-order valence-corrected chi connectivity index (χ2v) is 9.95. The molecule has 1 aromatic rings. The van der Waals surface area contributed by atoms with Crippen LogP contribution in [-0.2, 0) is 25.1 Å². The second kappa shape index (κ2) is 10.2. The highest BCUT2D eigenvalue weighted by atomic mass is 35.5. The van der Waals surface area contributed by atoms with Gasteiger partial charge >= 0.3 is 5.92 Å². The molecule has 3 fully saturated rings. The highest BCUT2D eigenvalue weighted by Crippen LogP contribution is 2.44. The molecule has 0 unspecified atom stereocenters. The van der Waals surface area contributed by atoms with Crippen molar-refractivity contribution in [3.8, 4) is 0 Å². The summed E-state index contributed by atoms with van der Waals surface area (Å²) in [6.07, 6.45) is 2.40. The van der Waals surface area contributed by atoms with Gasteiger partial charge in [0.15, 0.2) is 5.78 Å². The van der Waals surface area contributed by atoms with E-state index in [4.69, 9.17) is 11.6 Å². The van der Waals surface area contributed by atoms with Gasteiger partial charge in [0.2, 0.25) is 11.8 Å². The summed E-state index contributed by atoms with van der Waals surface area (Å²) in [7, 11) is 0. The van der Waals surface area contributed by atoms with E-state index in [0.29, 0.717) is 25.8 Å². The molecule has 4 rings (SSSR count). The molecular weight excluding hydrogens is 487 g/mol. The number of carbonyl (C=O) groups excluding carboxylic acids is 4. The molecule has 2 saturated heterocycles. The number of halogens is 4. The fraction of sp³-hybridized carbons (Fsp3) is 0.583. The molecule has 2 N–H and O–H groups in total. The summed E-state index contributed by atoms with van der Waals surface area (Å²) in [6, 6.07) is 2.33. The van der Waals surface area contributed by atoms with Gasteiger partial charge in [-0.2, -0.15) is 8.78 Å². The lowest BCUT2D eigenvalue weighted by molar-refractivity contribution is -0.162. The number of nitrogens with zero attached hydrogens (tertiary/aromatic N) is 1. The Labute approximate surface area is 205 Å². The number of ketones is 1. The van der Waals surface area contributed by atoms with Gasteiger partial charge < -0.3 is 15.5 Å². The van der Waals surface area contributed by atoms with Crippen LogP contribution in [0.2, 0.25) is 5.02 Å². The molecule has 1 aromatic carbocycles. The van der Waals surface area contributed by atoms with E-state index in [-0.39, 0.29) is 35.7 Å². The molecule has 0 aromatic heterocycles. The normalized spacial score (nSPS) is 26.9. The predicted octanol–water partition coefficient (Wildman–Crippen LogP) is 2.61. The van der Waals surface area contributed by atoms with Gasteiger partial charge in [-0.3, -0.25) is 19.2 Å². The zero-order valence-electron chi connectivity index (χ0n) is 18.9. The van der Waals surface area contributed by atoms with Crippen molar-refractivity contribution < 1.29 is 32.3 Å². The van der Waals surface area contributed by atoms with Crippen molar-refractivity contribution in [2.45, 2.75) is 50.1 Å². The summed E-state index contributed by atoms with van der Waals surface area (Å²) in [5.41, 5.74) is -0.580. The lowest BCUT2D eigenvalue weighted by Crippen LogP contribution is -2.55. The minimum atomic E-state index is -3.92. The Kier molecular flexibility index (Phi) is 7.40. The summed E-state index contributed by atoms with van der Waals surface area (Å²) in [5.74, 6) is -8.43. The number of likely N-dealkylation sites (tertiary alicyclic amines) is 1. The Hall–Kier alpha value is -2.62. The summed E-state index contributed by atoms with van der Waals surface area (Å²) >= 11 is 5.84. The van der Waals surface area contributed by atoms with Crippen LogP contribution in [0.4, 0.5) is 13.2 Å². The van der Waals surface area contributed by atoms with Gasteiger partial charge in [0.25, 0.3) is 5.91 Å². The van der Waals surface area contributed by atoms with Crippen molar-refractivity contribution in [1.29, 1.82) is 0 Å². The SMILES string of the molecule is O=C1NCC[C@@H]1C[C@H](NC(=O)[C@@H]1[C@H]2CCC[C@H]2CN1C(=O)C(F)(F)c1cccc(Cl)c1)C(=O)CF. The van der Waals surface area contributed by atoms with Gasteiger partial charge in [-0.1, -0.05) is 30.2 Å². The van der Waals surface area contributed by atoms with Crippen LogP contribution in [0.1, 0.15) is 37.7 Å². The monoisotopic (exact) mass is 513 g/mol. The first-order valence-electron chi connectivity index (χ1n) is 11.7. The molecule has 11 heteroatoms. The first-order chi connectivity index (χ1) is 16.6. The average Bonchev–Trinajstić information content (AvgIpc) is 3.53. The predicted molar refractivity (Wildman–Crippen MR) is 120 cm³/mol. The smallest absolute Gasteiger partial charge is 0.350 e. The van der Waals surface area contributed by atoms with Crippen molar-refractivity contribution in [1.82, 2.24) is 15.5 Å². The molecule has 5 atom stereocenters. The van der Waals surface area contributed by atoms with Gasteiger partial charge in [0.1, 0.15) is 12.7 Å². The van der Waals surface area contributed by atoms with Crippen LogP contribution >= 0.6 is 11.6 Å². The summed E-state index contributed by atoms with van der Waals surface area (Å²) in [4.78, 5) is 51.5. The van der Waals surface area contributed by atoms with Crippen LogP contribution < -0.4 is 10.6 Å². The highest BCUT2D eigenvalue weighted by Gasteiger charge is 2.55. The van der Waals surface area contributed by atoms with Crippen LogP contribution in [0.25, 0.3) is 0 Å². The summed E-state index contributed by atoms with van der Waals surface area (Å²) in [5, 5.41) is 5.16. The Bertz CT molecular complexity index is 1020. The first-order valence-corrected chi connectivity index (χ1v) is 12.1. The fourth-order valence-electron chi connectivity index (χ4n) is 5.61. The molecule has 1 saturated carbocycles. The van der Waals surface area contributed by atoms with Gasteiger partial charge in [-0.15, -0.1) is 0 Å². The third-order valence-electron chi connectivity index (χ3n) is 7.40. The van der Waals surface area contributed by atoms with E-state index >= 15 is 8.78 Å². The Morgan fingerprint density at radius 2 is 2.00 bits per heavy atom. The maximum Gasteiger partial charge on any atom is 0.350 e. The number of nitrogens with one attached hydrogen (secondary N) is 2. The van der Waals surface area contributed by atoms with Gasteiger partial charge in [-0.05, 0) is 49.7 Å². The third kappa shape index (κ3) is 5.03. The Balaban J connectivity index is 1.57. The summed E-state index contributed by atoms with van der Waals surface area (Å²) < 4.78 is 43.7. The first kappa shape index (κ1) is 25.5. The largest absolute Gasteiger partial charge is 0.356 e. The molecule has 2 heterocycles. The highest BCUT2D eigenvalue weighted by molar-refractivity contribution is 6.30. The fourth-order valence-corrected chi connectivity index (χ4v) is 5.80. The molecule has 3 aliphatic rings. The molecule has 190 valence electrons. The van der Waals surface area contributed by atoms with Crippen LogP contribution in [0.15, 0.2) is 24.3 Å². The van der Waals surface area contributed by atoms with E-state index in [1.54, 1.807) is 0 Å². The zero-order valence-corrected chi connectivity index (χ0v) is 19.7. The van der Waals surface area contributed by atoms with Gasteiger partial charge in [-0.25, -0.2) is 4.39 Å². The minimum absolute atomic E-state index is 0.00943. The third-order valence-corrected chi connectivity index (χ3v) is 7.63. The average molecular weight is 514 g/mol. The maximum atomic E-state index is 15.2. The Morgan fingerprint density at radius 1 is 1.23 bits per heavy atom. The number of fused-ring (bicyclic) bond motifs is 1. The number of hydrogen-bond donors (Lipinski definition) is 2. The van der Waals surface area contributed by atoms with Gasteiger partial charge in [0, 0.05) is 29.6 Å². The molecule has 7 nitrogen and oxygen atoms in total. The van der Waals surface area contributed by atoms with E-state index in [1.165, 1.54) is 12.1 Å². The maximum absolute atomic E-state index is 15.2. The van der Waals surface area contributed by atoms with Crippen molar-refractivity contribution in [3.05, 3.63) is 34.9 Å². The molecule has 2 aliphatic heterocycles. The number of Topliss-reactive ketones (excluding diaryl/α,β-unsaturated/α-hetero) is 1. The van der Waals surface area contributed by atoms with Crippen LogP contribution in [0.3, 0.4) is 0 Å². The van der Waals surface area contributed by atoms with E-state index in [9.17, 15) is 23.6 Å². The molecule has 0 spiro atoms. The number of benzene rings is 1. The van der Waals surface area contributed by atoms with E-state index < -0.39 is 53.8 Å². The molecular formula is C24H27ClF3N3O4. The summed E-state index contributed by atoms with van der Waals surface area (Å²) in [6.45, 7) is -0.933. The second-order valence-electron chi connectivity index (χ2n) is 9.52. The Morgan fingerprint density at radius 3 is 2.66 bits per heavy atom. The van der Waals surface area contributed by atoms with Crippen LogP contribution in [0.5, 0.6) is 0 Å². The molecule has 1 aliphatic carbocycles. The number of rotatable bonds is 8. The zero-order chi connectivity index (χ0) is 25.3. The number of amides is 3. The van der Waals surface area contributed by atoms with Crippen molar-refractivity contribution in [2.75, 3.05) is 19.8 Å². The standard InChI is InChI=1S/C24H27ClF3N3O4/c25-16-5-2-4-15(10-16)24(27,28)23(35)31-12-14-3-1-6-17(14)20(31)22(34)30-18(19(32)11-26)9-13-7-8-29-21(13)33/h2,4-5,10,13-14,17-18,20H,1,3,6-9,11-12H2,(H,29,33)(H,30,34)/t13-,14+,17+,18+,20+/m1/s1.